The second kappa shape index (κ2) is 6.30. The van der Waals surface area contributed by atoms with Crippen LogP contribution in [0.15, 0.2) is 46.1 Å². The molecule has 144 valence electrons. The third-order valence-electron chi connectivity index (χ3n) is 4.20. The van der Waals surface area contributed by atoms with Crippen molar-refractivity contribution in [2.45, 2.75) is 18.7 Å². The molecule has 4 aromatic rings. The van der Waals surface area contributed by atoms with E-state index in [4.69, 9.17) is 10.3 Å². The molecular formula is C17H15FN6O3S. The molecule has 9 nitrogen and oxygen atoms in total. The van der Waals surface area contributed by atoms with E-state index in [1.165, 1.54) is 42.9 Å². The highest BCUT2D eigenvalue weighted by molar-refractivity contribution is 7.92. The Labute approximate surface area is 159 Å². The molecular weight excluding hydrogens is 387 g/mol. The molecule has 0 bridgehead atoms. The molecule has 0 radical (unpaired) electrons. The minimum Gasteiger partial charge on any atom is -0.383 e. The van der Waals surface area contributed by atoms with E-state index < -0.39 is 15.8 Å². The van der Waals surface area contributed by atoms with Gasteiger partial charge >= 0.3 is 0 Å². The first kappa shape index (κ1) is 17.9. The standard InChI is InChI=1S/C17H15FN6O3S/c1-9-16(10(2)27-22-9)28(25,26)23-11-3-4-12(14(18)7-11)13-8-20-15-5-6-21-24(15)17(13)19/h3-8,23H,19H2,1-2H3. The van der Waals surface area contributed by atoms with Crippen LogP contribution in [0.2, 0.25) is 0 Å². The predicted octanol–water partition coefficient (Wildman–Crippen LogP) is 2.52. The van der Waals surface area contributed by atoms with Gasteiger partial charge in [-0.25, -0.2) is 17.8 Å². The summed E-state index contributed by atoms with van der Waals surface area (Å²) in [4.78, 5) is 4.10. The van der Waals surface area contributed by atoms with Crippen LogP contribution in [-0.4, -0.2) is 28.2 Å². The van der Waals surface area contributed by atoms with E-state index in [1.807, 2.05) is 0 Å². The van der Waals surface area contributed by atoms with Gasteiger partial charge in [0.25, 0.3) is 10.0 Å². The number of benzene rings is 1. The molecule has 3 aromatic heterocycles. The smallest absolute Gasteiger partial charge is 0.267 e. The molecule has 0 spiro atoms. The van der Waals surface area contributed by atoms with E-state index in [1.54, 1.807) is 6.07 Å². The first-order chi connectivity index (χ1) is 13.3. The lowest BCUT2D eigenvalue weighted by molar-refractivity contribution is 0.390. The Morgan fingerprint density at radius 3 is 2.68 bits per heavy atom. The Balaban J connectivity index is 1.71. The lowest BCUT2D eigenvalue weighted by Gasteiger charge is -2.11. The summed E-state index contributed by atoms with van der Waals surface area (Å²) in [6.45, 7) is 3.00. The highest BCUT2D eigenvalue weighted by Gasteiger charge is 2.24. The summed E-state index contributed by atoms with van der Waals surface area (Å²) < 4.78 is 48.5. The van der Waals surface area contributed by atoms with Crippen LogP contribution in [0.5, 0.6) is 0 Å². The Hall–Kier alpha value is -3.47. The Morgan fingerprint density at radius 1 is 1.21 bits per heavy atom. The lowest BCUT2D eigenvalue weighted by atomic mass is 10.1. The Kier molecular flexibility index (Phi) is 4.03. The highest BCUT2D eigenvalue weighted by Crippen LogP contribution is 2.30. The van der Waals surface area contributed by atoms with Crippen LogP contribution in [0, 0.1) is 19.7 Å². The third-order valence-corrected chi connectivity index (χ3v) is 5.83. The topological polar surface area (TPSA) is 128 Å². The van der Waals surface area contributed by atoms with Crippen molar-refractivity contribution < 1.29 is 17.3 Å². The summed E-state index contributed by atoms with van der Waals surface area (Å²) in [7, 11) is -3.98. The van der Waals surface area contributed by atoms with Crippen molar-refractivity contribution in [1.82, 2.24) is 19.8 Å². The second-order valence-corrected chi connectivity index (χ2v) is 7.73. The monoisotopic (exact) mass is 402 g/mol. The zero-order valence-corrected chi connectivity index (χ0v) is 15.7. The summed E-state index contributed by atoms with van der Waals surface area (Å²) >= 11 is 0. The maximum Gasteiger partial charge on any atom is 0.267 e. The van der Waals surface area contributed by atoms with Crippen molar-refractivity contribution in [2.24, 2.45) is 0 Å². The van der Waals surface area contributed by atoms with Gasteiger partial charge < -0.3 is 10.3 Å². The minimum atomic E-state index is -3.98. The molecule has 0 saturated heterocycles. The summed E-state index contributed by atoms with van der Waals surface area (Å²) in [6, 6.07) is 5.59. The fourth-order valence-corrected chi connectivity index (χ4v) is 4.34. The van der Waals surface area contributed by atoms with Gasteiger partial charge in [-0.1, -0.05) is 5.16 Å². The van der Waals surface area contributed by atoms with Crippen LogP contribution < -0.4 is 10.5 Å². The van der Waals surface area contributed by atoms with Crippen molar-refractivity contribution in [1.29, 1.82) is 0 Å². The number of nitrogens with zero attached hydrogens (tertiary/aromatic N) is 4. The number of halogens is 1. The number of rotatable bonds is 4. The molecule has 0 saturated carbocycles. The second-order valence-electron chi connectivity index (χ2n) is 6.11. The molecule has 0 aliphatic heterocycles. The fourth-order valence-electron chi connectivity index (χ4n) is 2.96. The minimum absolute atomic E-state index is 0.0490. The Morgan fingerprint density at radius 2 is 2.00 bits per heavy atom. The van der Waals surface area contributed by atoms with Gasteiger partial charge in [-0.15, -0.1) is 0 Å². The van der Waals surface area contributed by atoms with E-state index in [9.17, 15) is 12.8 Å². The van der Waals surface area contributed by atoms with Crippen molar-refractivity contribution >= 4 is 27.2 Å². The average molecular weight is 402 g/mol. The molecule has 1 aromatic carbocycles. The number of hydrogen-bond donors (Lipinski definition) is 2. The van der Waals surface area contributed by atoms with Gasteiger partial charge in [-0.2, -0.15) is 9.61 Å². The highest BCUT2D eigenvalue weighted by atomic mass is 32.2. The van der Waals surface area contributed by atoms with E-state index >= 15 is 0 Å². The summed E-state index contributed by atoms with van der Waals surface area (Å²) in [5.74, 6) is -0.301. The number of fused-ring (bicyclic) bond motifs is 1. The number of nitrogen functional groups attached to an aromatic ring is 1. The van der Waals surface area contributed by atoms with E-state index in [-0.39, 0.29) is 33.4 Å². The van der Waals surface area contributed by atoms with Gasteiger partial charge in [0, 0.05) is 23.4 Å². The molecule has 28 heavy (non-hydrogen) atoms. The van der Waals surface area contributed by atoms with Crippen molar-refractivity contribution in [2.75, 3.05) is 10.5 Å². The number of aromatic nitrogens is 4. The Bertz CT molecular complexity index is 1290. The molecule has 3 heterocycles. The van der Waals surface area contributed by atoms with Crippen molar-refractivity contribution in [3.8, 4) is 11.1 Å². The summed E-state index contributed by atoms with van der Waals surface area (Å²) in [6.07, 6.45) is 2.98. The van der Waals surface area contributed by atoms with Crippen LogP contribution in [0.1, 0.15) is 11.5 Å². The van der Waals surface area contributed by atoms with Gasteiger partial charge in [0.15, 0.2) is 16.3 Å². The number of nitrogens with two attached hydrogens (primary N) is 1. The molecule has 3 N–H and O–H groups in total. The first-order valence-corrected chi connectivity index (χ1v) is 9.60. The number of hydrogen-bond acceptors (Lipinski definition) is 7. The molecule has 0 unspecified atom stereocenters. The lowest BCUT2D eigenvalue weighted by Crippen LogP contribution is -2.14. The average Bonchev–Trinajstić information content (AvgIpc) is 3.23. The third kappa shape index (κ3) is 2.85. The van der Waals surface area contributed by atoms with Crippen LogP contribution in [0.4, 0.5) is 15.9 Å². The number of nitrogens with one attached hydrogen (secondary N) is 1. The number of sulfonamides is 1. The first-order valence-electron chi connectivity index (χ1n) is 8.12. The molecule has 11 heteroatoms. The number of aryl methyl sites for hydroxylation is 2. The van der Waals surface area contributed by atoms with E-state index in [0.717, 1.165) is 6.07 Å². The molecule has 0 amide bonds. The van der Waals surface area contributed by atoms with Crippen molar-refractivity contribution in [3.63, 3.8) is 0 Å². The van der Waals surface area contributed by atoms with Crippen LogP contribution in [0.3, 0.4) is 0 Å². The van der Waals surface area contributed by atoms with Gasteiger partial charge in [-0.3, -0.25) is 4.72 Å². The zero-order valence-electron chi connectivity index (χ0n) is 14.8. The largest absolute Gasteiger partial charge is 0.383 e. The number of anilines is 2. The summed E-state index contributed by atoms with van der Waals surface area (Å²) in [5, 5.41) is 7.67. The van der Waals surface area contributed by atoms with Gasteiger partial charge in [-0.05, 0) is 32.0 Å². The molecule has 0 fully saturated rings. The van der Waals surface area contributed by atoms with E-state index in [2.05, 4.69) is 20.0 Å². The predicted molar refractivity (Wildman–Crippen MR) is 99.6 cm³/mol. The van der Waals surface area contributed by atoms with Crippen LogP contribution in [0.25, 0.3) is 16.8 Å². The van der Waals surface area contributed by atoms with Gasteiger partial charge in [0.2, 0.25) is 0 Å². The quantitative estimate of drug-likeness (QED) is 0.537. The van der Waals surface area contributed by atoms with Crippen LogP contribution >= 0.6 is 0 Å². The van der Waals surface area contributed by atoms with Gasteiger partial charge in [0.1, 0.15) is 17.3 Å². The molecule has 0 atom stereocenters. The fraction of sp³-hybridized carbons (Fsp3) is 0.118. The molecule has 0 aliphatic rings. The van der Waals surface area contributed by atoms with E-state index in [0.29, 0.717) is 11.2 Å². The summed E-state index contributed by atoms with van der Waals surface area (Å²) in [5.41, 5.74) is 7.38. The van der Waals surface area contributed by atoms with Crippen LogP contribution in [-0.2, 0) is 10.0 Å². The van der Waals surface area contributed by atoms with Crippen molar-refractivity contribution in [3.05, 3.63) is 53.9 Å². The SMILES string of the molecule is Cc1noc(C)c1S(=O)(=O)Nc1ccc(-c2cnc3ccnn3c2N)c(F)c1. The molecule has 4 rings (SSSR count). The van der Waals surface area contributed by atoms with Gasteiger partial charge in [0.05, 0.1) is 11.9 Å². The normalized spacial score (nSPS) is 11.8. The zero-order chi connectivity index (χ0) is 20.1. The maximum atomic E-state index is 14.7. The molecule has 0 aliphatic carbocycles. The maximum absolute atomic E-state index is 14.7.